The third-order valence-electron chi connectivity index (χ3n) is 5.93. The molecule has 0 bridgehead atoms. The molecule has 0 aliphatic heterocycles. The molecule has 0 amide bonds. The molecule has 0 N–H and O–H groups in total. The average molecular weight is 494 g/mol. The van der Waals surface area contributed by atoms with Crippen molar-refractivity contribution in [1.29, 1.82) is 0 Å². The second kappa shape index (κ2) is 11.4. The van der Waals surface area contributed by atoms with Gasteiger partial charge in [0.1, 0.15) is 23.8 Å². The maximum absolute atomic E-state index is 16.1. The van der Waals surface area contributed by atoms with Gasteiger partial charge in [0.15, 0.2) is 0 Å². The van der Waals surface area contributed by atoms with Crippen LogP contribution < -0.4 is 4.57 Å². The highest BCUT2D eigenvalue weighted by Crippen LogP contribution is 2.33. The van der Waals surface area contributed by atoms with E-state index in [1.54, 1.807) is 9.13 Å². The Kier molecular flexibility index (Phi) is 9.32. The van der Waals surface area contributed by atoms with E-state index in [2.05, 4.69) is 91.8 Å². The van der Waals surface area contributed by atoms with Crippen LogP contribution in [0.1, 0.15) is 101 Å². The van der Waals surface area contributed by atoms with Crippen LogP contribution in [0.3, 0.4) is 0 Å². The maximum Gasteiger partial charge on any atom is 0.673 e. The first-order chi connectivity index (χ1) is 16.1. The molecule has 0 saturated heterocycles. The number of para-hydroxylation sites is 2. The van der Waals surface area contributed by atoms with Gasteiger partial charge < -0.3 is 17.3 Å². The van der Waals surface area contributed by atoms with Gasteiger partial charge in [0.25, 0.3) is 0 Å². The highest BCUT2D eigenvalue weighted by Gasteiger charge is 2.29. The Morgan fingerprint density at radius 2 is 1.00 bits per heavy atom. The molecule has 0 radical (unpaired) electrons. The van der Waals surface area contributed by atoms with Crippen molar-refractivity contribution in [2.24, 2.45) is 0 Å². The van der Waals surface area contributed by atoms with Gasteiger partial charge in [-0.1, -0.05) is 91.8 Å². The number of halogens is 5. The molecular weight excluding hydrogens is 458 g/mol. The van der Waals surface area contributed by atoms with Crippen molar-refractivity contribution in [2.45, 2.75) is 79.1 Å². The molecule has 3 aromatic rings. The van der Waals surface area contributed by atoms with E-state index in [1.807, 2.05) is 12.4 Å². The van der Waals surface area contributed by atoms with Gasteiger partial charge in [0.05, 0.1) is 0 Å². The van der Waals surface area contributed by atoms with Gasteiger partial charge in [-0.25, -0.2) is 0 Å². The highest BCUT2D eigenvalue weighted by atomic mass is 19.5. The van der Waals surface area contributed by atoms with Crippen molar-refractivity contribution in [3.05, 3.63) is 77.1 Å². The monoisotopic (exact) mass is 494 g/mol. The first-order valence-electron chi connectivity index (χ1n) is 12.1. The zero-order valence-corrected chi connectivity index (χ0v) is 21.8. The van der Waals surface area contributed by atoms with Crippen molar-refractivity contribution in [3.8, 4) is 11.4 Å². The number of nitrogens with zero attached hydrogens (tertiary/aromatic N) is 2. The Hall–Kier alpha value is -2.64. The molecule has 0 aliphatic carbocycles. The topological polar surface area (TPSA) is 8.81 Å². The summed E-state index contributed by atoms with van der Waals surface area (Å²) in [5.41, 5.74) is 6.64. The average Bonchev–Trinajstić information content (AvgIpc) is 3.11. The fourth-order valence-electron chi connectivity index (χ4n) is 4.29. The van der Waals surface area contributed by atoms with Crippen LogP contribution in [0.4, 0.5) is 21.7 Å². The predicted molar refractivity (Wildman–Crippen MR) is 134 cm³/mol. The quantitative estimate of drug-likeness (QED) is 0.184. The summed E-state index contributed by atoms with van der Waals surface area (Å²) in [6.07, 6.45) is 3.51. The molecule has 2 nitrogen and oxygen atoms in total. The number of hydrogen-bond acceptors (Lipinski definition) is 0. The van der Waals surface area contributed by atoms with Crippen LogP contribution in [0, 0.1) is 6.08 Å². The Morgan fingerprint density at radius 1 is 0.657 bits per heavy atom. The predicted octanol–water partition coefficient (Wildman–Crippen LogP) is 8.69. The lowest BCUT2D eigenvalue weighted by atomic mass is 9.92. The molecule has 0 aliphatic rings. The molecule has 1 heterocycles. The molecule has 35 heavy (non-hydrogen) atoms. The van der Waals surface area contributed by atoms with Gasteiger partial charge in [0.2, 0.25) is 0 Å². The Morgan fingerprint density at radius 3 is 1.34 bits per heavy atom. The van der Waals surface area contributed by atoms with Crippen LogP contribution in [0.25, 0.3) is 11.4 Å². The smallest absolute Gasteiger partial charge is 0.418 e. The summed E-state index contributed by atoms with van der Waals surface area (Å²) in [6.45, 7) is 17.4. The van der Waals surface area contributed by atoms with E-state index in [0.717, 1.165) is 11.4 Å². The molecule has 0 unspecified atom stereocenters. The van der Waals surface area contributed by atoms with Gasteiger partial charge >= 0.3 is 13.3 Å². The second-order valence-electron chi connectivity index (χ2n) is 9.99. The first-order valence-corrected chi connectivity index (χ1v) is 12.1. The van der Waals surface area contributed by atoms with Gasteiger partial charge in [-0.3, -0.25) is 0 Å². The molecule has 192 valence electrons. The fraction of sp³-hybridized carbons (Fsp3) is 0.444. The largest absolute Gasteiger partial charge is 0.673 e. The van der Waals surface area contributed by atoms with Crippen LogP contribution in [0.5, 0.6) is 0 Å². The summed E-state index contributed by atoms with van der Waals surface area (Å²) in [7, 11) is -6.00. The van der Waals surface area contributed by atoms with E-state index in [1.165, 1.54) is 22.3 Å². The lowest BCUT2D eigenvalue weighted by Gasteiger charge is -2.18. The van der Waals surface area contributed by atoms with Crippen molar-refractivity contribution >= 4 is 7.25 Å². The molecule has 8 heteroatoms. The zero-order chi connectivity index (χ0) is 26.7. The Labute approximate surface area is 205 Å². The minimum absolute atomic E-state index is 0.250. The molecule has 2 aromatic carbocycles. The van der Waals surface area contributed by atoms with E-state index >= 15 is 4.39 Å². The number of rotatable bonds is 6. The summed E-state index contributed by atoms with van der Waals surface area (Å²) >= 11 is 0. The molecule has 0 fully saturated rings. The molecule has 0 saturated carbocycles. The van der Waals surface area contributed by atoms with Crippen molar-refractivity contribution in [1.82, 2.24) is 4.57 Å². The summed E-state index contributed by atoms with van der Waals surface area (Å²) in [5.74, 6) is 1.23. The minimum Gasteiger partial charge on any atom is -0.418 e. The maximum atomic E-state index is 16.1. The van der Waals surface area contributed by atoms with Crippen molar-refractivity contribution < 1.29 is 26.2 Å². The standard InChI is InChI=1S/C27H36FN2.BF4/c1-17(2)21-11-9-12-22(18(3)4)25(21)29-15-16-30(27(29)28)26-23(19(5)6)13-10-14-24(26)20(7)8;2-1(3,4)5/h9-20H,1-8H3;/q+1;-1. The van der Waals surface area contributed by atoms with E-state index < -0.39 is 7.25 Å². The van der Waals surface area contributed by atoms with E-state index in [0.29, 0.717) is 23.7 Å². The molecule has 0 spiro atoms. The highest BCUT2D eigenvalue weighted by molar-refractivity contribution is 6.50. The van der Waals surface area contributed by atoms with Crippen molar-refractivity contribution in [3.63, 3.8) is 0 Å². The van der Waals surface area contributed by atoms with Gasteiger partial charge in [-0.05, 0) is 23.7 Å². The molecule has 0 atom stereocenters. The van der Waals surface area contributed by atoms with Crippen LogP contribution in [-0.4, -0.2) is 11.8 Å². The van der Waals surface area contributed by atoms with Crippen LogP contribution in [0.15, 0.2) is 48.8 Å². The Bertz CT molecular complexity index is 992. The zero-order valence-electron chi connectivity index (χ0n) is 21.8. The van der Waals surface area contributed by atoms with Crippen LogP contribution in [-0.2, 0) is 0 Å². The third kappa shape index (κ3) is 6.95. The normalized spacial score (nSPS) is 12.0. The van der Waals surface area contributed by atoms with E-state index in [9.17, 15) is 17.3 Å². The SMILES string of the molecule is CC(C)c1cccc(C(C)C)c1-n1cc[n+](-c2c(C(C)C)cccc2C(C)C)c1F.F[B-](F)(F)F. The van der Waals surface area contributed by atoms with Gasteiger partial charge in [-0.15, -0.1) is 4.39 Å². The number of imidazole rings is 1. The Balaban J connectivity index is 0.000000784. The number of benzene rings is 2. The molecule has 1 aromatic heterocycles. The third-order valence-corrected chi connectivity index (χ3v) is 5.93. The summed E-state index contributed by atoms with van der Waals surface area (Å²) in [6, 6.07) is 12.7. The fourth-order valence-corrected chi connectivity index (χ4v) is 4.29. The summed E-state index contributed by atoms with van der Waals surface area (Å²) in [4.78, 5) is 0. The van der Waals surface area contributed by atoms with E-state index in [4.69, 9.17) is 0 Å². The van der Waals surface area contributed by atoms with Crippen LogP contribution in [0.2, 0.25) is 0 Å². The molecular formula is C27H36BF5N2. The summed E-state index contributed by atoms with van der Waals surface area (Å²) < 4.78 is 58.6. The van der Waals surface area contributed by atoms with E-state index in [-0.39, 0.29) is 6.08 Å². The lowest BCUT2D eigenvalue weighted by molar-refractivity contribution is -0.628. The van der Waals surface area contributed by atoms with Crippen LogP contribution >= 0.6 is 0 Å². The van der Waals surface area contributed by atoms with Gasteiger partial charge in [-0.2, -0.15) is 9.13 Å². The lowest BCUT2D eigenvalue weighted by Crippen LogP contribution is -2.37. The van der Waals surface area contributed by atoms with Gasteiger partial charge in [0, 0.05) is 22.3 Å². The van der Waals surface area contributed by atoms with Crippen molar-refractivity contribution in [2.75, 3.05) is 0 Å². The number of hydrogen-bond donors (Lipinski definition) is 0. The minimum atomic E-state index is -6.00. The second-order valence-corrected chi connectivity index (χ2v) is 9.99. The number of aromatic nitrogens is 2. The first kappa shape index (κ1) is 28.6. The summed E-state index contributed by atoms with van der Waals surface area (Å²) in [5, 5.41) is 0. The molecule has 3 rings (SSSR count).